The van der Waals surface area contributed by atoms with E-state index in [1.807, 2.05) is 6.07 Å². The summed E-state index contributed by atoms with van der Waals surface area (Å²) in [6, 6.07) is 6.20. The lowest BCUT2D eigenvalue weighted by molar-refractivity contribution is 0.225. The van der Waals surface area contributed by atoms with Gasteiger partial charge in [0.25, 0.3) is 0 Å². The number of methoxy groups -OCH3 is 1. The summed E-state index contributed by atoms with van der Waals surface area (Å²) in [5, 5.41) is 3.41. The lowest BCUT2D eigenvalue weighted by Gasteiger charge is -2.24. The average Bonchev–Trinajstić information content (AvgIpc) is 2.41. The Morgan fingerprint density at radius 3 is 2.63 bits per heavy atom. The molecule has 0 unspecified atom stereocenters. The molecule has 19 heavy (non-hydrogen) atoms. The highest BCUT2D eigenvalue weighted by Crippen LogP contribution is 2.34. The second kappa shape index (κ2) is 6.80. The van der Waals surface area contributed by atoms with Gasteiger partial charge in [0, 0.05) is 0 Å². The molecule has 0 atom stereocenters. The van der Waals surface area contributed by atoms with Crippen molar-refractivity contribution in [3.8, 4) is 11.5 Å². The van der Waals surface area contributed by atoms with Crippen molar-refractivity contribution in [3.63, 3.8) is 0 Å². The van der Waals surface area contributed by atoms with Gasteiger partial charge in [0.05, 0.1) is 13.2 Å². The molecular weight excluding hydrogens is 238 g/mol. The molecule has 1 N–H and O–H groups in total. The van der Waals surface area contributed by atoms with Gasteiger partial charge >= 0.3 is 0 Å². The van der Waals surface area contributed by atoms with Gasteiger partial charge in [-0.05, 0) is 63.7 Å². The number of rotatable bonds is 5. The van der Waals surface area contributed by atoms with E-state index in [9.17, 15) is 0 Å². The van der Waals surface area contributed by atoms with Gasteiger partial charge in [0.1, 0.15) is 0 Å². The molecule has 0 aliphatic carbocycles. The molecule has 3 nitrogen and oxygen atoms in total. The van der Waals surface area contributed by atoms with Crippen LogP contribution in [-0.4, -0.2) is 26.3 Å². The highest BCUT2D eigenvalue weighted by atomic mass is 16.5. The zero-order chi connectivity index (χ0) is 13.7. The van der Waals surface area contributed by atoms with E-state index in [4.69, 9.17) is 9.47 Å². The van der Waals surface area contributed by atoms with E-state index in [1.165, 1.54) is 18.4 Å². The number of piperidine rings is 1. The Labute approximate surface area is 116 Å². The third kappa shape index (κ3) is 3.87. The summed E-state index contributed by atoms with van der Waals surface area (Å²) in [6.45, 7) is 6.38. The second-order valence-electron chi connectivity index (χ2n) is 5.51. The summed E-state index contributed by atoms with van der Waals surface area (Å²) in [6.07, 6.45) is 3.75. The Morgan fingerprint density at radius 2 is 2.00 bits per heavy atom. The summed E-state index contributed by atoms with van der Waals surface area (Å²) < 4.78 is 11.4. The molecule has 1 aliphatic heterocycles. The minimum atomic E-state index is 0.170. The van der Waals surface area contributed by atoms with Crippen LogP contribution in [0.2, 0.25) is 0 Å². The fraction of sp³-hybridized carbons (Fsp3) is 0.625. The number of hydrogen-bond acceptors (Lipinski definition) is 3. The van der Waals surface area contributed by atoms with E-state index < -0.39 is 0 Å². The molecule has 1 saturated heterocycles. The fourth-order valence-electron chi connectivity index (χ4n) is 2.65. The normalized spacial score (nSPS) is 16.6. The SMILES string of the molecule is COc1cccc(CC2CCNCC2)c1OC(C)C. The summed E-state index contributed by atoms with van der Waals surface area (Å²) >= 11 is 0. The predicted molar refractivity (Wildman–Crippen MR) is 78.1 cm³/mol. The van der Waals surface area contributed by atoms with Crippen molar-refractivity contribution < 1.29 is 9.47 Å². The second-order valence-corrected chi connectivity index (χ2v) is 5.51. The average molecular weight is 263 g/mol. The maximum Gasteiger partial charge on any atom is 0.164 e. The van der Waals surface area contributed by atoms with Gasteiger partial charge in [-0.15, -0.1) is 0 Å². The number of nitrogens with one attached hydrogen (secondary N) is 1. The van der Waals surface area contributed by atoms with E-state index in [0.717, 1.165) is 36.9 Å². The molecule has 1 fully saturated rings. The van der Waals surface area contributed by atoms with Crippen molar-refractivity contribution in [1.29, 1.82) is 0 Å². The molecule has 0 saturated carbocycles. The summed E-state index contributed by atoms with van der Waals surface area (Å²) in [7, 11) is 1.71. The van der Waals surface area contributed by atoms with Crippen LogP contribution in [0.5, 0.6) is 11.5 Å². The standard InChI is InChI=1S/C16H25NO2/c1-12(2)19-16-14(5-4-6-15(16)18-3)11-13-7-9-17-10-8-13/h4-6,12-13,17H,7-11H2,1-3H3. The van der Waals surface area contributed by atoms with Crippen LogP contribution in [-0.2, 0) is 6.42 Å². The molecule has 0 bridgehead atoms. The Hall–Kier alpha value is -1.22. The first-order valence-corrected chi connectivity index (χ1v) is 7.24. The minimum absolute atomic E-state index is 0.170. The van der Waals surface area contributed by atoms with Gasteiger partial charge in [-0.1, -0.05) is 12.1 Å². The summed E-state index contributed by atoms with van der Waals surface area (Å²) in [5.74, 6) is 2.53. The molecule has 0 aromatic heterocycles. The van der Waals surface area contributed by atoms with Gasteiger partial charge in [-0.3, -0.25) is 0 Å². The predicted octanol–water partition coefficient (Wildman–Crippen LogP) is 3.02. The third-order valence-corrected chi connectivity index (χ3v) is 3.60. The Kier molecular flexibility index (Phi) is 5.08. The molecule has 0 spiro atoms. The highest BCUT2D eigenvalue weighted by Gasteiger charge is 2.18. The molecule has 0 radical (unpaired) electrons. The number of para-hydroxylation sites is 1. The molecule has 1 aromatic carbocycles. The van der Waals surface area contributed by atoms with Crippen molar-refractivity contribution in [2.24, 2.45) is 5.92 Å². The molecule has 1 aliphatic rings. The third-order valence-electron chi connectivity index (χ3n) is 3.60. The molecule has 1 aromatic rings. The lowest BCUT2D eigenvalue weighted by Crippen LogP contribution is -2.28. The highest BCUT2D eigenvalue weighted by molar-refractivity contribution is 5.47. The summed E-state index contributed by atoms with van der Waals surface area (Å²) in [5.41, 5.74) is 1.28. The van der Waals surface area contributed by atoms with Crippen LogP contribution in [0.3, 0.4) is 0 Å². The van der Waals surface area contributed by atoms with Crippen molar-refractivity contribution in [2.75, 3.05) is 20.2 Å². The van der Waals surface area contributed by atoms with E-state index in [2.05, 4.69) is 31.3 Å². The van der Waals surface area contributed by atoms with Gasteiger partial charge in [0.2, 0.25) is 0 Å². The molecule has 2 rings (SSSR count). The van der Waals surface area contributed by atoms with E-state index in [1.54, 1.807) is 7.11 Å². The molecule has 3 heteroatoms. The first-order chi connectivity index (χ1) is 9.20. The quantitative estimate of drug-likeness (QED) is 0.885. The maximum absolute atomic E-state index is 5.97. The lowest BCUT2D eigenvalue weighted by atomic mass is 9.90. The van der Waals surface area contributed by atoms with Crippen molar-refractivity contribution in [1.82, 2.24) is 5.32 Å². The monoisotopic (exact) mass is 263 g/mol. The van der Waals surface area contributed by atoms with Crippen LogP contribution in [0.25, 0.3) is 0 Å². The molecule has 106 valence electrons. The van der Waals surface area contributed by atoms with Crippen molar-refractivity contribution in [3.05, 3.63) is 23.8 Å². The first-order valence-electron chi connectivity index (χ1n) is 7.24. The van der Waals surface area contributed by atoms with Crippen LogP contribution in [0, 0.1) is 5.92 Å². The van der Waals surface area contributed by atoms with Crippen LogP contribution in [0.15, 0.2) is 18.2 Å². The molecule has 1 heterocycles. The minimum Gasteiger partial charge on any atom is -0.493 e. The Bertz CT molecular complexity index is 398. The molecular formula is C16H25NO2. The van der Waals surface area contributed by atoms with Crippen LogP contribution >= 0.6 is 0 Å². The molecule has 0 amide bonds. The van der Waals surface area contributed by atoms with Gasteiger partial charge in [-0.25, -0.2) is 0 Å². The number of benzene rings is 1. The van der Waals surface area contributed by atoms with Gasteiger partial charge in [-0.2, -0.15) is 0 Å². The van der Waals surface area contributed by atoms with Crippen molar-refractivity contribution in [2.45, 2.75) is 39.2 Å². The van der Waals surface area contributed by atoms with Crippen LogP contribution in [0.4, 0.5) is 0 Å². The Balaban J connectivity index is 2.17. The van der Waals surface area contributed by atoms with Crippen LogP contribution < -0.4 is 14.8 Å². The number of ether oxygens (including phenoxy) is 2. The zero-order valence-corrected chi connectivity index (χ0v) is 12.2. The summed E-state index contributed by atoms with van der Waals surface area (Å²) in [4.78, 5) is 0. The number of hydrogen-bond donors (Lipinski definition) is 1. The van der Waals surface area contributed by atoms with E-state index in [0.29, 0.717) is 0 Å². The van der Waals surface area contributed by atoms with E-state index >= 15 is 0 Å². The fourth-order valence-corrected chi connectivity index (χ4v) is 2.65. The van der Waals surface area contributed by atoms with Crippen LogP contribution in [0.1, 0.15) is 32.3 Å². The zero-order valence-electron chi connectivity index (χ0n) is 12.2. The maximum atomic E-state index is 5.97. The largest absolute Gasteiger partial charge is 0.493 e. The van der Waals surface area contributed by atoms with Crippen molar-refractivity contribution >= 4 is 0 Å². The smallest absolute Gasteiger partial charge is 0.164 e. The topological polar surface area (TPSA) is 30.5 Å². The first kappa shape index (κ1) is 14.2. The van der Waals surface area contributed by atoms with Gasteiger partial charge < -0.3 is 14.8 Å². The van der Waals surface area contributed by atoms with E-state index in [-0.39, 0.29) is 6.10 Å². The Morgan fingerprint density at radius 1 is 1.26 bits per heavy atom. The van der Waals surface area contributed by atoms with Gasteiger partial charge in [0.15, 0.2) is 11.5 Å².